The molecule has 0 saturated carbocycles. The number of nitrogens with zero attached hydrogens (tertiary/aromatic N) is 2. The van der Waals surface area contributed by atoms with Crippen molar-refractivity contribution in [1.29, 1.82) is 0 Å². The summed E-state index contributed by atoms with van der Waals surface area (Å²) in [7, 11) is 0. The van der Waals surface area contributed by atoms with Gasteiger partial charge in [0, 0.05) is 30.2 Å². The van der Waals surface area contributed by atoms with Gasteiger partial charge in [-0.15, -0.1) is 0 Å². The lowest BCUT2D eigenvalue weighted by Crippen LogP contribution is -2.57. The monoisotopic (exact) mass is 615 g/mol. The van der Waals surface area contributed by atoms with Crippen LogP contribution >= 0.6 is 0 Å². The van der Waals surface area contributed by atoms with Crippen LogP contribution in [0.2, 0.25) is 0 Å². The number of fused-ring (bicyclic) bond motifs is 1. The summed E-state index contributed by atoms with van der Waals surface area (Å²) in [5, 5.41) is 25.2. The number of hydrogen-bond donors (Lipinski definition) is 2. The van der Waals surface area contributed by atoms with Crippen LogP contribution in [0.15, 0.2) is 103 Å². The Morgan fingerprint density at radius 2 is 1.48 bits per heavy atom. The molecule has 0 aromatic heterocycles. The third-order valence-electron chi connectivity index (χ3n) is 8.76. The first-order valence-corrected chi connectivity index (χ1v) is 14.7. The molecule has 0 spiro atoms. The average molecular weight is 616 g/mol. The molecule has 2 amide bonds. The molecule has 4 aromatic carbocycles. The van der Waals surface area contributed by atoms with Gasteiger partial charge in [-0.1, -0.05) is 78.9 Å². The summed E-state index contributed by atoms with van der Waals surface area (Å²) in [5.41, 5.74) is 1.58. The Morgan fingerprint density at radius 3 is 2.04 bits per heavy atom. The van der Waals surface area contributed by atoms with Crippen LogP contribution in [0.1, 0.15) is 45.6 Å². The van der Waals surface area contributed by atoms with Gasteiger partial charge in [0.1, 0.15) is 5.54 Å². The highest BCUT2D eigenvalue weighted by atomic mass is 16.6. The SMILES string of the molecule is CC(=O)c1ccc(N2C(=O)C3C(c4ccc(C=Cc5ccccc5)cc4)NC(Cc4ccc([N+](=O)[O-])cc4)(C(=O)O)C3C2=O)cc1. The number of benzene rings is 4. The summed E-state index contributed by atoms with van der Waals surface area (Å²) in [5.74, 6) is -5.07. The number of ketones is 1. The lowest BCUT2D eigenvalue weighted by Gasteiger charge is -2.31. The van der Waals surface area contributed by atoms with E-state index in [-0.39, 0.29) is 23.6 Å². The van der Waals surface area contributed by atoms with Crippen molar-refractivity contribution in [3.63, 3.8) is 0 Å². The fourth-order valence-electron chi connectivity index (χ4n) is 6.45. The van der Waals surface area contributed by atoms with Crippen molar-refractivity contribution in [3.8, 4) is 0 Å². The van der Waals surface area contributed by atoms with Gasteiger partial charge in [-0.2, -0.15) is 0 Å². The highest BCUT2D eigenvalue weighted by molar-refractivity contribution is 6.24. The van der Waals surface area contributed by atoms with Crippen molar-refractivity contribution in [2.24, 2.45) is 11.8 Å². The molecule has 0 aliphatic carbocycles. The first-order valence-electron chi connectivity index (χ1n) is 14.7. The molecule has 0 radical (unpaired) electrons. The fraction of sp³-hybridized carbons (Fsp3) is 0.167. The quantitative estimate of drug-likeness (QED) is 0.0827. The van der Waals surface area contributed by atoms with E-state index in [9.17, 15) is 34.4 Å². The summed E-state index contributed by atoms with van der Waals surface area (Å²) < 4.78 is 0. The fourth-order valence-corrected chi connectivity index (χ4v) is 6.45. The minimum Gasteiger partial charge on any atom is -0.480 e. The Hall–Kier alpha value is -5.74. The minimum atomic E-state index is -1.90. The van der Waals surface area contributed by atoms with Crippen LogP contribution in [-0.2, 0) is 20.8 Å². The molecule has 2 fully saturated rings. The predicted molar refractivity (Wildman–Crippen MR) is 171 cm³/mol. The Labute approximate surface area is 264 Å². The van der Waals surface area contributed by atoms with E-state index in [4.69, 9.17) is 0 Å². The molecule has 230 valence electrons. The van der Waals surface area contributed by atoms with Gasteiger partial charge in [-0.3, -0.25) is 34.6 Å². The average Bonchev–Trinajstić information content (AvgIpc) is 3.54. The number of aliphatic carboxylic acids is 1. The molecule has 46 heavy (non-hydrogen) atoms. The van der Waals surface area contributed by atoms with Crippen molar-refractivity contribution in [2.75, 3.05) is 4.90 Å². The summed E-state index contributed by atoms with van der Waals surface area (Å²) in [4.78, 5) is 65.0. The summed E-state index contributed by atoms with van der Waals surface area (Å²) in [6.45, 7) is 1.41. The molecule has 10 heteroatoms. The van der Waals surface area contributed by atoms with E-state index in [0.29, 0.717) is 16.7 Å². The van der Waals surface area contributed by atoms with Gasteiger partial charge in [-0.05, 0) is 53.4 Å². The zero-order valence-electron chi connectivity index (χ0n) is 24.7. The Bertz CT molecular complexity index is 1870. The van der Waals surface area contributed by atoms with Crippen molar-refractivity contribution in [2.45, 2.75) is 24.9 Å². The van der Waals surface area contributed by atoms with Crippen LogP contribution < -0.4 is 10.2 Å². The number of nitro benzene ring substituents is 1. The number of rotatable bonds is 9. The number of anilines is 1. The Balaban J connectivity index is 1.40. The largest absolute Gasteiger partial charge is 0.480 e. The standard InChI is InChI=1S/C36H29N3O7/c1-22(40)26-15-19-28(20-16-26)38-33(41)30-31(34(38)42)36(35(43)44,21-25-11-17-29(18-12-25)39(45)46)37-32(30)27-13-9-24(10-14-27)8-7-23-5-3-2-4-6-23/h2-20,30-32,37H,21H2,1H3,(H,43,44). The number of nitro groups is 1. The molecule has 2 heterocycles. The van der Waals surface area contributed by atoms with Crippen LogP contribution in [0, 0.1) is 22.0 Å². The number of nitrogens with one attached hydrogen (secondary N) is 1. The third-order valence-corrected chi connectivity index (χ3v) is 8.76. The molecule has 4 unspecified atom stereocenters. The number of imide groups is 1. The molecule has 4 atom stereocenters. The van der Waals surface area contributed by atoms with Gasteiger partial charge in [0.15, 0.2) is 5.78 Å². The van der Waals surface area contributed by atoms with Crippen LogP contribution in [0.5, 0.6) is 0 Å². The molecule has 0 bridgehead atoms. The Morgan fingerprint density at radius 1 is 0.870 bits per heavy atom. The lowest BCUT2D eigenvalue weighted by molar-refractivity contribution is -0.384. The van der Waals surface area contributed by atoms with E-state index in [1.165, 1.54) is 55.5 Å². The molecule has 2 N–H and O–H groups in total. The maximum atomic E-state index is 14.2. The zero-order valence-corrected chi connectivity index (χ0v) is 24.7. The molecule has 4 aromatic rings. The molecule has 10 nitrogen and oxygen atoms in total. The third kappa shape index (κ3) is 5.39. The second-order valence-electron chi connectivity index (χ2n) is 11.5. The van der Waals surface area contributed by atoms with Crippen LogP contribution in [0.25, 0.3) is 12.2 Å². The van der Waals surface area contributed by atoms with Gasteiger partial charge in [0.25, 0.3) is 5.69 Å². The van der Waals surface area contributed by atoms with Crippen molar-refractivity contribution in [1.82, 2.24) is 5.32 Å². The van der Waals surface area contributed by atoms with Gasteiger partial charge in [0.2, 0.25) is 11.8 Å². The summed E-state index contributed by atoms with van der Waals surface area (Å²) in [6, 6.07) is 27.8. The molecule has 2 aliphatic rings. The van der Waals surface area contributed by atoms with Crippen molar-refractivity contribution in [3.05, 3.63) is 141 Å². The van der Waals surface area contributed by atoms with Crippen molar-refractivity contribution >= 4 is 47.1 Å². The second-order valence-corrected chi connectivity index (χ2v) is 11.5. The molecule has 2 saturated heterocycles. The van der Waals surface area contributed by atoms with Gasteiger partial charge in [-0.25, -0.2) is 4.90 Å². The van der Waals surface area contributed by atoms with E-state index < -0.39 is 46.1 Å². The first kappa shape index (κ1) is 30.3. The van der Waals surface area contributed by atoms with Gasteiger partial charge in [0.05, 0.1) is 22.4 Å². The molecule has 6 rings (SSSR count). The maximum Gasteiger partial charge on any atom is 0.325 e. The number of carbonyl (C=O) groups excluding carboxylic acids is 3. The highest BCUT2D eigenvalue weighted by Crippen LogP contribution is 2.51. The van der Waals surface area contributed by atoms with Crippen LogP contribution in [-0.4, -0.2) is 39.1 Å². The van der Waals surface area contributed by atoms with E-state index in [1.54, 1.807) is 0 Å². The van der Waals surface area contributed by atoms with Crippen molar-refractivity contribution < 1.29 is 29.2 Å². The lowest BCUT2D eigenvalue weighted by atomic mass is 9.76. The predicted octanol–water partition coefficient (Wildman–Crippen LogP) is 5.48. The van der Waals surface area contributed by atoms with Crippen LogP contribution in [0.3, 0.4) is 0 Å². The molecular weight excluding hydrogens is 586 g/mol. The maximum absolute atomic E-state index is 14.2. The number of non-ortho nitro benzene ring substituents is 1. The highest BCUT2D eigenvalue weighted by Gasteiger charge is 2.68. The molecular formula is C36H29N3O7. The van der Waals surface area contributed by atoms with Gasteiger partial charge < -0.3 is 5.11 Å². The van der Waals surface area contributed by atoms with E-state index in [0.717, 1.165) is 16.0 Å². The first-order chi connectivity index (χ1) is 22.1. The van der Waals surface area contributed by atoms with E-state index in [2.05, 4.69) is 5.32 Å². The zero-order chi connectivity index (χ0) is 32.6. The smallest absolute Gasteiger partial charge is 0.325 e. The number of amides is 2. The summed E-state index contributed by atoms with van der Waals surface area (Å²) in [6.07, 6.45) is 3.70. The van der Waals surface area contributed by atoms with E-state index in [1.807, 2.05) is 66.7 Å². The normalized spacial score (nSPS) is 22.3. The number of Topliss-reactive ketones (excluding diaryl/α,β-unsaturated/α-hetero) is 1. The number of hydrogen-bond acceptors (Lipinski definition) is 7. The minimum absolute atomic E-state index is 0.156. The van der Waals surface area contributed by atoms with E-state index >= 15 is 0 Å². The second kappa shape index (κ2) is 12.0. The number of carbonyl (C=O) groups is 4. The summed E-state index contributed by atoms with van der Waals surface area (Å²) >= 11 is 0. The number of carboxylic acid groups (broad SMARTS) is 1. The molecule has 2 aliphatic heterocycles. The number of carboxylic acids is 1. The van der Waals surface area contributed by atoms with Crippen LogP contribution in [0.4, 0.5) is 11.4 Å². The topological polar surface area (TPSA) is 147 Å². The van der Waals surface area contributed by atoms with Gasteiger partial charge >= 0.3 is 5.97 Å². The Kier molecular flexibility index (Phi) is 7.89.